The van der Waals surface area contributed by atoms with E-state index in [-0.39, 0.29) is 5.91 Å². The summed E-state index contributed by atoms with van der Waals surface area (Å²) in [5.41, 5.74) is 2.61. The van der Waals surface area contributed by atoms with Crippen LogP contribution in [0.15, 0.2) is 52.9 Å². The number of rotatable bonds is 5. The van der Waals surface area contributed by atoms with Crippen molar-refractivity contribution in [3.63, 3.8) is 0 Å². The molecule has 0 N–H and O–H groups in total. The number of thiazole rings is 1. The molecule has 0 aliphatic carbocycles. The zero-order valence-electron chi connectivity index (χ0n) is 13.1. The Morgan fingerprint density at radius 2 is 2.00 bits per heavy atom. The first kappa shape index (κ1) is 16.5. The van der Waals surface area contributed by atoms with Crippen LogP contribution in [0.3, 0.4) is 0 Å². The average Bonchev–Trinajstić information content (AvgIpc) is 3.03. The van der Waals surface area contributed by atoms with Gasteiger partial charge in [0.25, 0.3) is 0 Å². The Morgan fingerprint density at radius 3 is 2.71 bits per heavy atom. The third kappa shape index (κ3) is 3.94. The lowest BCUT2D eigenvalue weighted by Gasteiger charge is -2.16. The van der Waals surface area contributed by atoms with Crippen molar-refractivity contribution in [1.29, 1.82) is 5.26 Å². The van der Waals surface area contributed by atoms with E-state index >= 15 is 0 Å². The number of para-hydroxylation sites is 1. The van der Waals surface area contributed by atoms with Crippen molar-refractivity contribution >= 4 is 39.2 Å². The average molecular weight is 353 g/mol. The van der Waals surface area contributed by atoms with E-state index in [1.54, 1.807) is 35.4 Å². The van der Waals surface area contributed by atoms with E-state index in [4.69, 9.17) is 5.26 Å². The number of carbonyl (C=O) groups is 1. The van der Waals surface area contributed by atoms with Gasteiger partial charge in [-0.1, -0.05) is 36.0 Å². The Morgan fingerprint density at radius 1 is 1.25 bits per heavy atom. The molecular formula is C18H15N3OS2. The van der Waals surface area contributed by atoms with E-state index < -0.39 is 0 Å². The Hall–Kier alpha value is -2.36. The van der Waals surface area contributed by atoms with E-state index in [1.807, 2.05) is 36.4 Å². The first-order valence-corrected chi connectivity index (χ1v) is 9.17. The summed E-state index contributed by atoms with van der Waals surface area (Å²) < 4.78 is 2.05. The second-order valence-corrected chi connectivity index (χ2v) is 7.55. The summed E-state index contributed by atoms with van der Waals surface area (Å²) in [5.74, 6) is 0.427. The van der Waals surface area contributed by atoms with Crippen LogP contribution in [0, 0.1) is 11.3 Å². The highest BCUT2D eigenvalue weighted by atomic mass is 32.2. The van der Waals surface area contributed by atoms with Gasteiger partial charge in [0, 0.05) is 13.6 Å². The van der Waals surface area contributed by atoms with Gasteiger partial charge >= 0.3 is 0 Å². The molecule has 120 valence electrons. The van der Waals surface area contributed by atoms with Gasteiger partial charge in [-0.15, -0.1) is 11.3 Å². The van der Waals surface area contributed by atoms with Crippen molar-refractivity contribution in [3.05, 3.63) is 59.7 Å². The Balaban J connectivity index is 1.56. The molecule has 1 heterocycles. The molecule has 0 aliphatic heterocycles. The van der Waals surface area contributed by atoms with Crippen LogP contribution in [0.1, 0.15) is 11.1 Å². The topological polar surface area (TPSA) is 57.0 Å². The van der Waals surface area contributed by atoms with E-state index in [2.05, 4.69) is 11.1 Å². The van der Waals surface area contributed by atoms with Crippen molar-refractivity contribution in [3.8, 4) is 6.07 Å². The molecule has 4 nitrogen and oxygen atoms in total. The second-order valence-electron chi connectivity index (χ2n) is 5.29. The highest BCUT2D eigenvalue weighted by molar-refractivity contribution is 8.01. The Labute approximate surface area is 148 Å². The van der Waals surface area contributed by atoms with Crippen molar-refractivity contribution < 1.29 is 4.79 Å². The van der Waals surface area contributed by atoms with Crippen LogP contribution in [0.5, 0.6) is 0 Å². The maximum Gasteiger partial charge on any atom is 0.233 e. The minimum Gasteiger partial charge on any atom is -0.341 e. The molecule has 0 saturated carbocycles. The van der Waals surface area contributed by atoms with Crippen LogP contribution < -0.4 is 0 Å². The summed E-state index contributed by atoms with van der Waals surface area (Å²) in [7, 11) is 1.79. The molecule has 0 saturated heterocycles. The van der Waals surface area contributed by atoms with Gasteiger partial charge in [-0.25, -0.2) is 4.98 Å². The third-order valence-corrected chi connectivity index (χ3v) is 5.69. The fraction of sp³-hybridized carbons (Fsp3) is 0.167. The summed E-state index contributed by atoms with van der Waals surface area (Å²) in [6, 6.07) is 17.4. The molecule has 0 fully saturated rings. The summed E-state index contributed by atoms with van der Waals surface area (Å²) in [5, 5.41) is 8.81. The number of hydrogen-bond donors (Lipinski definition) is 0. The molecule has 0 spiro atoms. The highest BCUT2D eigenvalue weighted by Crippen LogP contribution is 2.29. The lowest BCUT2D eigenvalue weighted by atomic mass is 10.1. The lowest BCUT2D eigenvalue weighted by Crippen LogP contribution is -2.27. The maximum absolute atomic E-state index is 12.3. The fourth-order valence-electron chi connectivity index (χ4n) is 2.19. The zero-order chi connectivity index (χ0) is 16.9. The molecule has 0 aliphatic rings. The standard InChI is InChI=1S/C18H15N3OS2/c1-21(11-14-8-6-13(10-19)7-9-14)17(22)12-23-18-20-15-4-2-3-5-16(15)24-18/h2-9H,11-12H2,1H3. The fourth-order valence-corrected chi connectivity index (χ4v) is 4.20. The summed E-state index contributed by atoms with van der Waals surface area (Å²) in [6.07, 6.45) is 0. The molecule has 0 radical (unpaired) electrons. The van der Waals surface area contributed by atoms with Crippen LogP contribution >= 0.6 is 23.1 Å². The second kappa shape index (κ2) is 7.47. The predicted molar refractivity (Wildman–Crippen MR) is 98.0 cm³/mol. The van der Waals surface area contributed by atoms with Gasteiger partial charge in [0.1, 0.15) is 0 Å². The summed E-state index contributed by atoms with van der Waals surface area (Å²) in [4.78, 5) is 18.5. The van der Waals surface area contributed by atoms with Crippen LogP contribution in [0.4, 0.5) is 0 Å². The molecule has 0 bridgehead atoms. The maximum atomic E-state index is 12.3. The Kier molecular flexibility index (Phi) is 5.14. The number of nitrogens with zero attached hydrogens (tertiary/aromatic N) is 3. The molecule has 0 unspecified atom stereocenters. The van der Waals surface area contributed by atoms with E-state index in [9.17, 15) is 4.79 Å². The largest absolute Gasteiger partial charge is 0.341 e. The number of carbonyl (C=O) groups excluding carboxylic acids is 1. The lowest BCUT2D eigenvalue weighted by molar-refractivity contribution is -0.127. The summed E-state index contributed by atoms with van der Waals surface area (Å²) >= 11 is 3.08. The minimum absolute atomic E-state index is 0.0589. The van der Waals surface area contributed by atoms with Crippen molar-refractivity contribution in [2.75, 3.05) is 12.8 Å². The van der Waals surface area contributed by atoms with Gasteiger partial charge in [0.2, 0.25) is 5.91 Å². The zero-order valence-corrected chi connectivity index (χ0v) is 14.7. The van der Waals surface area contributed by atoms with E-state index in [0.29, 0.717) is 17.9 Å². The molecule has 3 rings (SSSR count). The number of fused-ring (bicyclic) bond motifs is 1. The van der Waals surface area contributed by atoms with Crippen molar-refractivity contribution in [1.82, 2.24) is 9.88 Å². The highest BCUT2D eigenvalue weighted by Gasteiger charge is 2.12. The molecule has 1 amide bonds. The van der Waals surface area contributed by atoms with Crippen molar-refractivity contribution in [2.45, 2.75) is 10.9 Å². The molecule has 3 aromatic rings. The number of hydrogen-bond acceptors (Lipinski definition) is 5. The van der Waals surface area contributed by atoms with Crippen molar-refractivity contribution in [2.24, 2.45) is 0 Å². The minimum atomic E-state index is 0.0589. The van der Waals surface area contributed by atoms with Gasteiger partial charge in [-0.05, 0) is 29.8 Å². The van der Waals surface area contributed by atoms with Crippen LogP contribution in [0.25, 0.3) is 10.2 Å². The van der Waals surface area contributed by atoms with Crippen LogP contribution in [0.2, 0.25) is 0 Å². The number of thioether (sulfide) groups is 1. The number of aromatic nitrogens is 1. The molecule has 6 heteroatoms. The summed E-state index contributed by atoms with van der Waals surface area (Å²) in [6.45, 7) is 0.533. The van der Waals surface area contributed by atoms with Gasteiger partial charge in [-0.2, -0.15) is 5.26 Å². The molecule has 0 atom stereocenters. The first-order valence-electron chi connectivity index (χ1n) is 7.37. The molecular weight excluding hydrogens is 338 g/mol. The smallest absolute Gasteiger partial charge is 0.233 e. The first-order chi connectivity index (χ1) is 11.7. The van der Waals surface area contributed by atoms with Crippen LogP contribution in [-0.2, 0) is 11.3 Å². The molecule has 1 aromatic heterocycles. The molecule has 24 heavy (non-hydrogen) atoms. The third-order valence-electron chi connectivity index (χ3n) is 3.52. The molecule has 2 aromatic carbocycles. The van der Waals surface area contributed by atoms with Crippen LogP contribution in [-0.4, -0.2) is 28.6 Å². The normalized spacial score (nSPS) is 10.5. The Bertz CT molecular complexity index is 864. The monoisotopic (exact) mass is 353 g/mol. The van der Waals surface area contributed by atoms with Gasteiger partial charge in [-0.3, -0.25) is 4.79 Å². The quantitative estimate of drug-likeness (QED) is 0.652. The van der Waals surface area contributed by atoms with E-state index in [0.717, 1.165) is 20.1 Å². The number of amides is 1. The van der Waals surface area contributed by atoms with Gasteiger partial charge in [0.15, 0.2) is 4.34 Å². The number of benzene rings is 2. The van der Waals surface area contributed by atoms with E-state index in [1.165, 1.54) is 11.8 Å². The van der Waals surface area contributed by atoms with Gasteiger partial charge in [0.05, 0.1) is 27.6 Å². The SMILES string of the molecule is CN(Cc1ccc(C#N)cc1)C(=O)CSc1nc2ccccc2s1. The predicted octanol–water partition coefficient (Wildman–Crippen LogP) is 3.92. The van der Waals surface area contributed by atoms with Gasteiger partial charge < -0.3 is 4.90 Å². The number of nitriles is 1.